The zero-order chi connectivity index (χ0) is 14.3. The predicted octanol–water partition coefficient (Wildman–Crippen LogP) is 3.46. The average Bonchev–Trinajstić information content (AvgIpc) is 3.07. The molecule has 1 atom stereocenters. The van der Waals surface area contributed by atoms with E-state index in [4.69, 9.17) is 0 Å². The minimum Gasteiger partial charge on any atom is -0.320 e. The third-order valence-electron chi connectivity index (χ3n) is 4.44. The van der Waals surface area contributed by atoms with Crippen LogP contribution in [-0.2, 0) is 4.79 Å². The lowest BCUT2D eigenvalue weighted by molar-refractivity contribution is -0.133. The van der Waals surface area contributed by atoms with Crippen LogP contribution in [0.1, 0.15) is 55.5 Å². The van der Waals surface area contributed by atoms with E-state index in [2.05, 4.69) is 43.1 Å². The van der Waals surface area contributed by atoms with E-state index in [1.54, 1.807) is 11.3 Å². The van der Waals surface area contributed by atoms with Gasteiger partial charge in [-0.3, -0.25) is 10.1 Å². The van der Waals surface area contributed by atoms with Crippen molar-refractivity contribution in [2.24, 2.45) is 5.92 Å². The molecule has 1 saturated heterocycles. The van der Waals surface area contributed by atoms with Crippen LogP contribution in [0.5, 0.6) is 0 Å². The van der Waals surface area contributed by atoms with Crippen LogP contribution in [0.15, 0.2) is 12.1 Å². The minimum absolute atomic E-state index is 0.0849. The highest BCUT2D eigenvalue weighted by molar-refractivity contribution is 7.12. The Morgan fingerprint density at radius 2 is 2.10 bits per heavy atom. The molecule has 1 amide bonds. The fourth-order valence-electron chi connectivity index (χ4n) is 3.54. The molecule has 1 N–H and O–H groups in total. The number of rotatable bonds is 3. The van der Waals surface area contributed by atoms with Gasteiger partial charge in [0.25, 0.3) is 0 Å². The summed E-state index contributed by atoms with van der Waals surface area (Å²) in [5.74, 6) is 0.834. The fourth-order valence-corrected chi connectivity index (χ4v) is 4.48. The maximum Gasteiger partial charge on any atom is 0.244 e. The summed E-state index contributed by atoms with van der Waals surface area (Å²) in [6, 6.07) is 4.32. The third kappa shape index (κ3) is 2.29. The van der Waals surface area contributed by atoms with Crippen LogP contribution in [0.25, 0.3) is 0 Å². The van der Waals surface area contributed by atoms with Gasteiger partial charge >= 0.3 is 0 Å². The van der Waals surface area contributed by atoms with Gasteiger partial charge in [-0.1, -0.05) is 26.7 Å². The number of nitrogens with zero attached hydrogens (tertiary/aromatic N) is 1. The summed E-state index contributed by atoms with van der Waals surface area (Å²) in [6.45, 7) is 7.34. The van der Waals surface area contributed by atoms with E-state index in [-0.39, 0.29) is 11.7 Å². The molecule has 4 heteroatoms. The number of carbonyl (C=O) groups excluding carboxylic acids is 1. The van der Waals surface area contributed by atoms with Gasteiger partial charge in [-0.25, -0.2) is 0 Å². The van der Waals surface area contributed by atoms with Gasteiger partial charge in [-0.15, -0.1) is 11.3 Å². The monoisotopic (exact) mass is 292 g/mol. The highest BCUT2D eigenvalue weighted by Crippen LogP contribution is 2.42. The second-order valence-corrected chi connectivity index (χ2v) is 7.96. The minimum atomic E-state index is -0.266. The molecule has 0 bridgehead atoms. The van der Waals surface area contributed by atoms with Crippen LogP contribution in [0.4, 0.5) is 0 Å². The van der Waals surface area contributed by atoms with Crippen LogP contribution in [0.2, 0.25) is 0 Å². The summed E-state index contributed by atoms with van der Waals surface area (Å²) in [5.41, 5.74) is -0.266. The maximum atomic E-state index is 12.9. The second kappa shape index (κ2) is 5.15. The Kier molecular flexibility index (Phi) is 3.63. The number of thiophene rings is 1. The van der Waals surface area contributed by atoms with Crippen molar-refractivity contribution in [3.63, 3.8) is 0 Å². The van der Waals surface area contributed by atoms with Gasteiger partial charge in [-0.2, -0.15) is 0 Å². The number of amides is 1. The van der Waals surface area contributed by atoms with Gasteiger partial charge in [0.05, 0.1) is 5.54 Å². The largest absolute Gasteiger partial charge is 0.320 e. The smallest absolute Gasteiger partial charge is 0.244 e. The average molecular weight is 292 g/mol. The molecule has 2 fully saturated rings. The van der Waals surface area contributed by atoms with Crippen molar-refractivity contribution in [3.8, 4) is 0 Å². The van der Waals surface area contributed by atoms with Gasteiger partial charge < -0.3 is 4.90 Å². The molecule has 1 aromatic heterocycles. The van der Waals surface area contributed by atoms with E-state index in [1.807, 2.05) is 0 Å². The Morgan fingerprint density at radius 3 is 2.65 bits per heavy atom. The predicted molar refractivity (Wildman–Crippen MR) is 82.7 cm³/mol. The number of hydrogen-bond acceptors (Lipinski definition) is 3. The van der Waals surface area contributed by atoms with E-state index >= 15 is 0 Å². The summed E-state index contributed by atoms with van der Waals surface area (Å²) >= 11 is 1.80. The highest BCUT2D eigenvalue weighted by Gasteiger charge is 2.52. The van der Waals surface area contributed by atoms with E-state index in [9.17, 15) is 4.79 Å². The van der Waals surface area contributed by atoms with Crippen molar-refractivity contribution in [2.75, 3.05) is 6.54 Å². The van der Waals surface area contributed by atoms with Crippen LogP contribution >= 0.6 is 11.3 Å². The molecule has 3 nitrogen and oxygen atoms in total. The Bertz CT molecular complexity index is 502. The molecule has 1 aromatic rings. The highest BCUT2D eigenvalue weighted by atomic mass is 32.1. The number of hydrogen-bond donors (Lipinski definition) is 1. The normalized spacial score (nSPS) is 25.3. The molecule has 2 heterocycles. The quantitative estimate of drug-likeness (QED) is 0.925. The zero-order valence-corrected chi connectivity index (χ0v) is 13.4. The standard InChI is InChI=1S/C16H24N2OS/c1-11(2)10-18-14(13-7-6-12(3)20-13)17-16(15(18)19)8-4-5-9-16/h6-7,11,14,17H,4-5,8-10H2,1-3H3. The van der Waals surface area contributed by atoms with Gasteiger partial charge in [-0.05, 0) is 37.8 Å². The Labute approximate surface area is 125 Å². The van der Waals surface area contributed by atoms with Crippen molar-refractivity contribution in [2.45, 2.75) is 58.2 Å². The zero-order valence-electron chi connectivity index (χ0n) is 12.6. The molecule has 3 rings (SSSR count). The maximum absolute atomic E-state index is 12.9. The molecule has 1 saturated carbocycles. The van der Waals surface area contributed by atoms with Crippen molar-refractivity contribution in [3.05, 3.63) is 21.9 Å². The van der Waals surface area contributed by atoms with Crippen LogP contribution in [0, 0.1) is 12.8 Å². The molecule has 1 aliphatic heterocycles. The van der Waals surface area contributed by atoms with Gasteiger partial charge in [0.15, 0.2) is 0 Å². The summed E-state index contributed by atoms with van der Waals surface area (Å²) < 4.78 is 0. The molecule has 2 aliphatic rings. The molecule has 0 radical (unpaired) electrons. The van der Waals surface area contributed by atoms with Crippen molar-refractivity contribution < 1.29 is 4.79 Å². The lowest BCUT2D eigenvalue weighted by atomic mass is 9.98. The Balaban J connectivity index is 1.92. The molecular weight excluding hydrogens is 268 g/mol. The SMILES string of the molecule is Cc1ccc(C2NC3(CCCC3)C(=O)N2CC(C)C)s1. The summed E-state index contributed by atoms with van der Waals surface area (Å²) in [7, 11) is 0. The fraction of sp³-hybridized carbons (Fsp3) is 0.688. The lowest BCUT2D eigenvalue weighted by Crippen LogP contribution is -2.44. The molecule has 0 aromatic carbocycles. The molecular formula is C16H24N2OS. The van der Waals surface area contributed by atoms with Crippen molar-refractivity contribution >= 4 is 17.2 Å². The van der Waals surface area contributed by atoms with Crippen LogP contribution in [0.3, 0.4) is 0 Å². The second-order valence-electron chi connectivity index (χ2n) is 6.64. The first-order valence-electron chi connectivity index (χ1n) is 7.67. The first-order valence-corrected chi connectivity index (χ1v) is 8.48. The van der Waals surface area contributed by atoms with E-state index in [0.29, 0.717) is 11.8 Å². The first-order chi connectivity index (χ1) is 9.52. The summed E-state index contributed by atoms with van der Waals surface area (Å²) in [4.78, 5) is 17.6. The summed E-state index contributed by atoms with van der Waals surface area (Å²) in [5, 5.41) is 3.69. The summed E-state index contributed by atoms with van der Waals surface area (Å²) in [6.07, 6.45) is 4.43. The molecule has 1 unspecified atom stereocenters. The number of carbonyl (C=O) groups is 1. The van der Waals surface area contributed by atoms with Crippen molar-refractivity contribution in [1.82, 2.24) is 10.2 Å². The van der Waals surface area contributed by atoms with Gasteiger partial charge in [0.1, 0.15) is 6.17 Å². The van der Waals surface area contributed by atoms with E-state index in [0.717, 1.165) is 19.4 Å². The van der Waals surface area contributed by atoms with E-state index in [1.165, 1.54) is 22.6 Å². The lowest BCUT2D eigenvalue weighted by Gasteiger charge is -2.25. The third-order valence-corrected chi connectivity index (χ3v) is 5.50. The van der Waals surface area contributed by atoms with Gasteiger partial charge in [0, 0.05) is 16.3 Å². The molecule has 110 valence electrons. The van der Waals surface area contributed by atoms with Gasteiger partial charge in [0.2, 0.25) is 5.91 Å². The van der Waals surface area contributed by atoms with E-state index < -0.39 is 0 Å². The Hall–Kier alpha value is -0.870. The Morgan fingerprint density at radius 1 is 1.40 bits per heavy atom. The van der Waals surface area contributed by atoms with Crippen LogP contribution < -0.4 is 5.32 Å². The number of aryl methyl sites for hydroxylation is 1. The number of nitrogens with one attached hydrogen (secondary N) is 1. The molecule has 20 heavy (non-hydrogen) atoms. The van der Waals surface area contributed by atoms with Crippen molar-refractivity contribution in [1.29, 1.82) is 0 Å². The first kappa shape index (κ1) is 14.1. The molecule has 1 spiro atoms. The topological polar surface area (TPSA) is 32.3 Å². The molecule has 1 aliphatic carbocycles. The van der Waals surface area contributed by atoms with Crippen LogP contribution in [-0.4, -0.2) is 22.9 Å².